The van der Waals surface area contributed by atoms with Crippen molar-refractivity contribution in [3.05, 3.63) is 70.3 Å². The van der Waals surface area contributed by atoms with Crippen LogP contribution in [0, 0.1) is 10.1 Å². The zero-order chi connectivity index (χ0) is 19.7. The Bertz CT molecular complexity index is 1180. The van der Waals surface area contributed by atoms with E-state index in [0.717, 1.165) is 27.7 Å². The molecule has 0 aromatic heterocycles. The topological polar surface area (TPSA) is 68.0 Å². The van der Waals surface area contributed by atoms with Crippen LogP contribution in [0.25, 0.3) is 10.8 Å². The van der Waals surface area contributed by atoms with Gasteiger partial charge >= 0.3 is 0 Å². The Labute approximate surface area is 162 Å². The maximum Gasteiger partial charge on any atom is 0.269 e. The summed E-state index contributed by atoms with van der Waals surface area (Å²) in [6.45, 7) is 4.08. The van der Waals surface area contributed by atoms with Crippen LogP contribution in [0.1, 0.15) is 19.4 Å². The number of ether oxygens (including phenoxy) is 1. The van der Waals surface area contributed by atoms with Crippen molar-refractivity contribution in [2.75, 3.05) is 11.9 Å². The number of hydrogen-bond acceptors (Lipinski definition) is 5. The zero-order valence-corrected chi connectivity index (χ0v) is 15.8. The lowest BCUT2D eigenvalue weighted by molar-refractivity contribution is -0.384. The summed E-state index contributed by atoms with van der Waals surface area (Å²) < 4.78 is 6.61. The van der Waals surface area contributed by atoms with E-state index >= 15 is 0 Å². The summed E-state index contributed by atoms with van der Waals surface area (Å²) in [5, 5.41) is 13.4. The Morgan fingerprint density at radius 3 is 2.68 bits per heavy atom. The van der Waals surface area contributed by atoms with Crippen LogP contribution in [0.4, 0.5) is 17.1 Å². The minimum absolute atomic E-state index is 0.0800. The zero-order valence-electron chi connectivity index (χ0n) is 15.8. The molecule has 0 aliphatic carbocycles. The van der Waals surface area contributed by atoms with E-state index in [0.29, 0.717) is 5.75 Å². The molecular formula is C22H19N3O3. The van der Waals surface area contributed by atoms with Crippen LogP contribution >= 0.6 is 0 Å². The number of rotatable bonds is 1. The molecule has 1 spiro atoms. The molecule has 3 aromatic carbocycles. The van der Waals surface area contributed by atoms with Gasteiger partial charge in [0.15, 0.2) is 0 Å². The van der Waals surface area contributed by atoms with Gasteiger partial charge in [0.1, 0.15) is 11.4 Å². The van der Waals surface area contributed by atoms with Crippen molar-refractivity contribution < 1.29 is 9.66 Å². The van der Waals surface area contributed by atoms with E-state index in [4.69, 9.17) is 9.73 Å². The third-order valence-corrected chi connectivity index (χ3v) is 6.12. The van der Waals surface area contributed by atoms with Crippen molar-refractivity contribution in [1.29, 1.82) is 0 Å². The van der Waals surface area contributed by atoms with E-state index in [1.165, 1.54) is 6.07 Å². The van der Waals surface area contributed by atoms with Crippen LogP contribution in [0.15, 0.2) is 59.6 Å². The fourth-order valence-corrected chi connectivity index (χ4v) is 4.46. The molecule has 0 bridgehead atoms. The first-order valence-corrected chi connectivity index (χ1v) is 9.14. The summed E-state index contributed by atoms with van der Waals surface area (Å²) in [7, 11) is 1.94. The number of likely N-dealkylation sites (N-methyl/N-ethyl adjacent to an activating group) is 1. The summed E-state index contributed by atoms with van der Waals surface area (Å²) in [5.41, 5.74) is 1.27. The lowest BCUT2D eigenvalue weighted by Gasteiger charge is -2.44. The molecule has 2 aliphatic rings. The van der Waals surface area contributed by atoms with Crippen molar-refractivity contribution in [3.8, 4) is 5.75 Å². The number of nitrogens with zero attached hydrogens (tertiary/aromatic N) is 3. The number of hydrogen-bond donors (Lipinski definition) is 0. The largest absolute Gasteiger partial charge is 0.459 e. The molecule has 3 aromatic rings. The minimum atomic E-state index is -0.861. The molecule has 1 atom stereocenters. The summed E-state index contributed by atoms with van der Waals surface area (Å²) >= 11 is 0. The number of aliphatic imine (C=N–C) groups is 1. The molecule has 0 saturated carbocycles. The fourth-order valence-electron chi connectivity index (χ4n) is 4.46. The lowest BCUT2D eigenvalue weighted by atomic mass is 9.77. The summed E-state index contributed by atoms with van der Waals surface area (Å²) in [6, 6.07) is 17.0. The Kier molecular flexibility index (Phi) is 3.18. The van der Waals surface area contributed by atoms with Crippen molar-refractivity contribution in [1.82, 2.24) is 0 Å². The van der Waals surface area contributed by atoms with E-state index in [1.807, 2.05) is 62.3 Å². The number of benzene rings is 3. The van der Waals surface area contributed by atoms with E-state index in [2.05, 4.69) is 6.07 Å². The molecule has 2 aliphatic heterocycles. The van der Waals surface area contributed by atoms with Gasteiger partial charge in [-0.2, -0.15) is 0 Å². The van der Waals surface area contributed by atoms with E-state index < -0.39 is 11.1 Å². The number of fused-ring (bicyclic) bond motifs is 4. The van der Waals surface area contributed by atoms with Gasteiger partial charge in [-0.25, -0.2) is 0 Å². The highest BCUT2D eigenvalue weighted by Gasteiger charge is 2.59. The Hall–Kier alpha value is -3.41. The van der Waals surface area contributed by atoms with Crippen LogP contribution in [-0.4, -0.2) is 23.9 Å². The highest BCUT2D eigenvalue weighted by Crippen LogP contribution is 2.54. The maximum absolute atomic E-state index is 11.3. The van der Waals surface area contributed by atoms with Gasteiger partial charge in [-0.1, -0.05) is 30.3 Å². The maximum atomic E-state index is 11.3. The molecule has 0 N–H and O–H groups in total. The first-order chi connectivity index (χ1) is 13.3. The van der Waals surface area contributed by atoms with Gasteiger partial charge in [-0.3, -0.25) is 15.1 Å². The van der Waals surface area contributed by atoms with E-state index in [9.17, 15) is 10.1 Å². The van der Waals surface area contributed by atoms with Crippen molar-refractivity contribution >= 4 is 34.0 Å². The van der Waals surface area contributed by atoms with Gasteiger partial charge in [-0.05, 0) is 36.9 Å². The Morgan fingerprint density at radius 1 is 1.11 bits per heavy atom. The molecule has 0 fully saturated rings. The fraction of sp³-hybridized carbons (Fsp3) is 0.227. The van der Waals surface area contributed by atoms with Crippen LogP contribution < -0.4 is 9.64 Å². The molecule has 0 radical (unpaired) electrons. The normalized spacial score (nSPS) is 21.5. The van der Waals surface area contributed by atoms with Crippen molar-refractivity contribution in [2.45, 2.75) is 25.0 Å². The standard InChI is InChI=1S/C22H19N3O3/c1-21(2)17-12-15(25(26)27)9-10-18(17)24(3)22(21)13-23-20-16-7-5-4-6-14(16)8-11-19(20)28-22/h4-13H,1-3H3. The van der Waals surface area contributed by atoms with Crippen LogP contribution in [0.2, 0.25) is 0 Å². The number of nitro benzene ring substituents is 1. The second kappa shape index (κ2) is 5.32. The third-order valence-electron chi connectivity index (χ3n) is 6.12. The highest BCUT2D eigenvalue weighted by atomic mass is 16.6. The van der Waals surface area contributed by atoms with Gasteiger partial charge in [-0.15, -0.1) is 0 Å². The third kappa shape index (κ3) is 1.94. The molecule has 1 unspecified atom stereocenters. The average Bonchev–Trinajstić information content (AvgIpc) is 2.86. The molecule has 5 rings (SSSR count). The lowest BCUT2D eigenvalue weighted by Crippen LogP contribution is -2.61. The van der Waals surface area contributed by atoms with Crippen molar-refractivity contribution in [2.24, 2.45) is 4.99 Å². The molecule has 0 saturated heterocycles. The highest BCUT2D eigenvalue weighted by molar-refractivity contribution is 5.99. The van der Waals surface area contributed by atoms with Crippen molar-refractivity contribution in [3.63, 3.8) is 0 Å². The molecule has 0 amide bonds. The smallest absolute Gasteiger partial charge is 0.269 e. The first-order valence-electron chi connectivity index (χ1n) is 9.14. The van der Waals surface area contributed by atoms with E-state index in [1.54, 1.807) is 12.1 Å². The van der Waals surface area contributed by atoms with Gasteiger partial charge < -0.3 is 9.64 Å². The van der Waals surface area contributed by atoms with Gasteiger partial charge in [0.25, 0.3) is 5.69 Å². The minimum Gasteiger partial charge on any atom is -0.459 e. The molecule has 2 heterocycles. The second-order valence-electron chi connectivity index (χ2n) is 7.83. The average molecular weight is 373 g/mol. The van der Waals surface area contributed by atoms with Crippen LogP contribution in [0.5, 0.6) is 5.75 Å². The predicted octanol–water partition coefficient (Wildman–Crippen LogP) is 4.97. The summed E-state index contributed by atoms with van der Waals surface area (Å²) in [6.07, 6.45) is 1.84. The van der Waals surface area contributed by atoms with E-state index in [-0.39, 0.29) is 10.6 Å². The number of non-ortho nitro benzene ring substituents is 1. The van der Waals surface area contributed by atoms with Crippen LogP contribution in [-0.2, 0) is 5.41 Å². The van der Waals surface area contributed by atoms with Gasteiger partial charge in [0, 0.05) is 30.3 Å². The molecule has 28 heavy (non-hydrogen) atoms. The molecule has 6 nitrogen and oxygen atoms in total. The number of anilines is 1. The molecular weight excluding hydrogens is 354 g/mol. The van der Waals surface area contributed by atoms with Gasteiger partial charge in [0.2, 0.25) is 5.72 Å². The number of nitro groups is 1. The SMILES string of the molecule is CN1c2ccc([N+](=O)[O-])cc2C(C)(C)C12C=Nc1c(ccc3ccccc13)O2. The van der Waals surface area contributed by atoms with Gasteiger partial charge in [0.05, 0.1) is 16.6 Å². The molecule has 6 heteroatoms. The monoisotopic (exact) mass is 373 g/mol. The first kappa shape index (κ1) is 16.7. The summed E-state index contributed by atoms with van der Waals surface area (Å²) in [5.74, 6) is 0.712. The van der Waals surface area contributed by atoms with Crippen LogP contribution in [0.3, 0.4) is 0 Å². The quantitative estimate of drug-likeness (QED) is 0.446. The molecule has 140 valence electrons. The summed E-state index contributed by atoms with van der Waals surface area (Å²) in [4.78, 5) is 17.8. The Morgan fingerprint density at radius 2 is 1.89 bits per heavy atom. The second-order valence-corrected chi connectivity index (χ2v) is 7.83. The predicted molar refractivity (Wildman–Crippen MR) is 110 cm³/mol. The Balaban J connectivity index is 1.69.